The highest BCUT2D eigenvalue weighted by Gasteiger charge is 2.20. The molecule has 11 heteroatoms. The third-order valence-corrected chi connectivity index (χ3v) is 6.03. The molecular formula is C22H24IN7O3. The van der Waals surface area contributed by atoms with Gasteiger partial charge >= 0.3 is 0 Å². The number of hydrogen-bond donors (Lipinski definition) is 1. The smallest absolute Gasteiger partial charge is 0.250 e. The van der Waals surface area contributed by atoms with E-state index < -0.39 is 0 Å². The van der Waals surface area contributed by atoms with Crippen LogP contribution in [0.5, 0.6) is 0 Å². The number of hydrogen-bond acceptors (Lipinski definition) is 10. The van der Waals surface area contributed by atoms with Crippen molar-refractivity contribution >= 4 is 46.7 Å². The van der Waals surface area contributed by atoms with Crippen LogP contribution < -0.4 is 15.2 Å². The minimum Gasteiger partial charge on any atom is -0.455 e. The SMILES string of the molecule is Ic1ccc(-c2ccc(/C=N/Nc3nc(N4CCOCC4)nc(N4CCOCC4)n3)o2)cc1. The molecule has 0 amide bonds. The number of halogens is 1. The van der Waals surface area contributed by atoms with Crippen LogP contribution in [0.2, 0.25) is 0 Å². The molecule has 2 saturated heterocycles. The lowest BCUT2D eigenvalue weighted by Gasteiger charge is -2.30. The van der Waals surface area contributed by atoms with Gasteiger partial charge in [-0.05, 0) is 46.9 Å². The van der Waals surface area contributed by atoms with Crippen molar-refractivity contribution in [2.45, 2.75) is 0 Å². The van der Waals surface area contributed by atoms with Gasteiger partial charge in [-0.2, -0.15) is 20.1 Å². The third kappa shape index (κ3) is 5.60. The lowest BCUT2D eigenvalue weighted by Crippen LogP contribution is -2.40. The fraction of sp³-hybridized carbons (Fsp3) is 0.364. The standard InChI is InChI=1S/C22H24IN7O3/c23-17-3-1-16(2-4-17)19-6-5-18(33-19)15-24-28-20-25-21(29-7-11-31-12-8-29)27-22(26-20)30-9-13-32-14-10-30/h1-6,15H,7-14H2,(H,25,26,27,28)/b24-15+. The van der Waals surface area contributed by atoms with Gasteiger partial charge in [0.15, 0.2) is 0 Å². The quantitative estimate of drug-likeness (QED) is 0.277. The van der Waals surface area contributed by atoms with Crippen molar-refractivity contribution in [3.8, 4) is 11.3 Å². The highest BCUT2D eigenvalue weighted by molar-refractivity contribution is 14.1. The highest BCUT2D eigenvalue weighted by atomic mass is 127. The molecule has 0 bridgehead atoms. The van der Waals surface area contributed by atoms with Crippen LogP contribution >= 0.6 is 22.6 Å². The van der Waals surface area contributed by atoms with Gasteiger partial charge in [0.25, 0.3) is 0 Å². The summed E-state index contributed by atoms with van der Waals surface area (Å²) < 4.78 is 18.0. The van der Waals surface area contributed by atoms with Gasteiger partial charge < -0.3 is 23.7 Å². The lowest BCUT2D eigenvalue weighted by atomic mass is 10.2. The molecule has 3 aromatic rings. The second-order valence-electron chi connectivity index (χ2n) is 7.54. The molecule has 172 valence electrons. The summed E-state index contributed by atoms with van der Waals surface area (Å²) in [5.41, 5.74) is 3.96. The van der Waals surface area contributed by atoms with Crippen molar-refractivity contribution in [1.29, 1.82) is 0 Å². The van der Waals surface area contributed by atoms with E-state index in [-0.39, 0.29) is 0 Å². The van der Waals surface area contributed by atoms with Crippen LogP contribution in [0.3, 0.4) is 0 Å². The maximum Gasteiger partial charge on any atom is 0.250 e. The minimum absolute atomic E-state index is 0.383. The summed E-state index contributed by atoms with van der Waals surface area (Å²) in [5.74, 6) is 3.04. The Labute approximate surface area is 205 Å². The van der Waals surface area contributed by atoms with Crippen LogP contribution in [-0.2, 0) is 9.47 Å². The normalized spacial score (nSPS) is 17.0. The van der Waals surface area contributed by atoms with Gasteiger partial charge in [0.1, 0.15) is 11.5 Å². The molecule has 0 atom stereocenters. The van der Waals surface area contributed by atoms with E-state index in [0.29, 0.717) is 50.0 Å². The molecule has 2 aliphatic rings. The molecule has 2 fully saturated rings. The number of rotatable bonds is 6. The van der Waals surface area contributed by atoms with Crippen molar-refractivity contribution in [3.63, 3.8) is 0 Å². The number of nitrogens with zero attached hydrogens (tertiary/aromatic N) is 6. The summed E-state index contributed by atoms with van der Waals surface area (Å²) in [7, 11) is 0. The molecule has 2 aromatic heterocycles. The molecule has 4 heterocycles. The number of furan rings is 1. The van der Waals surface area contributed by atoms with Crippen LogP contribution in [0.25, 0.3) is 11.3 Å². The third-order valence-electron chi connectivity index (χ3n) is 5.31. The molecule has 0 saturated carbocycles. The van der Waals surface area contributed by atoms with Crippen molar-refractivity contribution < 1.29 is 13.9 Å². The molecule has 0 spiro atoms. The summed E-state index contributed by atoms with van der Waals surface area (Å²) in [5, 5.41) is 4.30. The number of benzene rings is 1. The fourth-order valence-corrected chi connectivity index (χ4v) is 3.92. The van der Waals surface area contributed by atoms with Crippen molar-refractivity contribution in [1.82, 2.24) is 15.0 Å². The summed E-state index contributed by atoms with van der Waals surface area (Å²) in [4.78, 5) is 18.1. The predicted octanol–water partition coefficient (Wildman–Crippen LogP) is 2.86. The maximum atomic E-state index is 5.90. The number of aromatic nitrogens is 3. The Bertz CT molecular complexity index is 1060. The van der Waals surface area contributed by atoms with Crippen LogP contribution in [0.15, 0.2) is 45.9 Å². The Kier molecular flexibility index (Phi) is 6.98. The van der Waals surface area contributed by atoms with Gasteiger partial charge in [-0.25, -0.2) is 5.43 Å². The summed E-state index contributed by atoms with van der Waals surface area (Å²) in [6, 6.07) is 12.0. The average molecular weight is 561 g/mol. The van der Waals surface area contributed by atoms with E-state index in [4.69, 9.17) is 18.9 Å². The van der Waals surface area contributed by atoms with E-state index in [1.807, 2.05) is 36.4 Å². The topological polar surface area (TPSA) is 101 Å². The van der Waals surface area contributed by atoms with Crippen molar-refractivity contribution in [2.24, 2.45) is 5.10 Å². The van der Waals surface area contributed by atoms with E-state index in [9.17, 15) is 0 Å². The summed E-state index contributed by atoms with van der Waals surface area (Å²) in [6.07, 6.45) is 1.61. The Balaban J connectivity index is 1.32. The van der Waals surface area contributed by atoms with Gasteiger partial charge in [0.05, 0.1) is 32.6 Å². The van der Waals surface area contributed by atoms with E-state index in [1.54, 1.807) is 6.21 Å². The molecule has 0 radical (unpaired) electrons. The first-order chi connectivity index (χ1) is 16.2. The number of ether oxygens (including phenoxy) is 2. The highest BCUT2D eigenvalue weighted by Crippen LogP contribution is 2.23. The number of anilines is 3. The van der Waals surface area contributed by atoms with Crippen LogP contribution in [0.4, 0.5) is 17.8 Å². The molecule has 5 rings (SSSR count). The van der Waals surface area contributed by atoms with Gasteiger partial charge in [0, 0.05) is 35.3 Å². The zero-order valence-corrected chi connectivity index (χ0v) is 20.1. The first-order valence-electron chi connectivity index (χ1n) is 10.8. The van der Waals surface area contributed by atoms with Crippen LogP contribution in [0, 0.1) is 3.57 Å². The molecular weight excluding hydrogens is 537 g/mol. The zero-order valence-electron chi connectivity index (χ0n) is 18.0. The predicted molar refractivity (Wildman–Crippen MR) is 134 cm³/mol. The number of nitrogens with one attached hydrogen (secondary N) is 1. The Hall–Kier alpha value is -2.77. The maximum absolute atomic E-state index is 5.90. The van der Waals surface area contributed by atoms with Gasteiger partial charge in [-0.15, -0.1) is 0 Å². The molecule has 0 aliphatic carbocycles. The molecule has 1 aromatic carbocycles. The monoisotopic (exact) mass is 561 g/mol. The average Bonchev–Trinajstić information content (AvgIpc) is 3.34. The minimum atomic E-state index is 0.383. The van der Waals surface area contributed by atoms with Crippen molar-refractivity contribution in [2.75, 3.05) is 67.8 Å². The van der Waals surface area contributed by atoms with Crippen LogP contribution in [-0.4, -0.2) is 73.8 Å². The summed E-state index contributed by atoms with van der Waals surface area (Å²) in [6.45, 7) is 5.57. The van der Waals surface area contributed by atoms with Gasteiger partial charge in [-0.3, -0.25) is 0 Å². The lowest BCUT2D eigenvalue weighted by molar-refractivity contribution is 0.121. The Morgan fingerprint density at radius 3 is 2.03 bits per heavy atom. The van der Waals surface area contributed by atoms with Crippen LogP contribution in [0.1, 0.15) is 5.76 Å². The van der Waals surface area contributed by atoms with Gasteiger partial charge in [-0.1, -0.05) is 12.1 Å². The molecule has 1 N–H and O–H groups in total. The molecule has 2 aliphatic heterocycles. The van der Waals surface area contributed by atoms with Gasteiger partial charge in [0.2, 0.25) is 17.8 Å². The Morgan fingerprint density at radius 1 is 0.818 bits per heavy atom. The first kappa shape index (κ1) is 22.0. The molecule has 10 nitrogen and oxygen atoms in total. The number of morpholine rings is 2. The Morgan fingerprint density at radius 2 is 1.42 bits per heavy atom. The fourth-order valence-electron chi connectivity index (χ4n) is 3.56. The van der Waals surface area contributed by atoms with E-state index in [1.165, 1.54) is 3.57 Å². The molecule has 33 heavy (non-hydrogen) atoms. The second kappa shape index (κ2) is 10.4. The second-order valence-corrected chi connectivity index (χ2v) is 8.78. The summed E-state index contributed by atoms with van der Waals surface area (Å²) >= 11 is 2.28. The van der Waals surface area contributed by atoms with E-state index in [2.05, 4.69) is 52.9 Å². The molecule has 0 unspecified atom stereocenters. The largest absolute Gasteiger partial charge is 0.455 e. The number of hydrazone groups is 1. The van der Waals surface area contributed by atoms with E-state index in [0.717, 1.165) is 37.5 Å². The van der Waals surface area contributed by atoms with Crippen molar-refractivity contribution in [3.05, 3.63) is 45.7 Å². The first-order valence-corrected chi connectivity index (χ1v) is 11.9. The van der Waals surface area contributed by atoms with E-state index >= 15 is 0 Å². The zero-order chi connectivity index (χ0) is 22.5.